The van der Waals surface area contributed by atoms with Gasteiger partial charge in [-0.1, -0.05) is 12.1 Å². The molecule has 1 aromatic rings. The predicted molar refractivity (Wildman–Crippen MR) is 83.4 cm³/mol. The van der Waals surface area contributed by atoms with Crippen molar-refractivity contribution in [2.75, 3.05) is 33.4 Å². The Balaban J connectivity index is 1.98. The molecule has 1 saturated heterocycles. The Labute approximate surface area is 131 Å². The van der Waals surface area contributed by atoms with E-state index in [4.69, 9.17) is 4.74 Å². The molecule has 2 rings (SSSR count). The highest BCUT2D eigenvalue weighted by molar-refractivity contribution is 7.88. The lowest BCUT2D eigenvalue weighted by Crippen LogP contribution is -2.47. The summed E-state index contributed by atoms with van der Waals surface area (Å²) in [7, 11) is -1.87. The van der Waals surface area contributed by atoms with Crippen molar-refractivity contribution < 1.29 is 17.5 Å². The van der Waals surface area contributed by atoms with Gasteiger partial charge >= 0.3 is 0 Å². The maximum atomic E-state index is 13.1. The second kappa shape index (κ2) is 7.50. The smallest absolute Gasteiger partial charge is 0.215 e. The minimum Gasteiger partial charge on any atom is -0.384 e. The van der Waals surface area contributed by atoms with Gasteiger partial charge in [-0.3, -0.25) is 0 Å². The molecule has 1 aliphatic rings. The minimum absolute atomic E-state index is 0.172. The highest BCUT2D eigenvalue weighted by Gasteiger charge is 2.33. The van der Waals surface area contributed by atoms with Crippen molar-refractivity contribution in [3.05, 3.63) is 35.6 Å². The van der Waals surface area contributed by atoms with E-state index in [0.29, 0.717) is 18.7 Å². The molecule has 2 N–H and O–H groups in total. The molecule has 0 saturated carbocycles. The molecule has 0 aliphatic carbocycles. The number of methoxy groups -OCH3 is 1. The van der Waals surface area contributed by atoms with E-state index in [0.717, 1.165) is 25.9 Å². The third-order valence-corrected chi connectivity index (χ3v) is 5.33. The topological polar surface area (TPSA) is 67.4 Å². The van der Waals surface area contributed by atoms with Crippen LogP contribution in [0.4, 0.5) is 4.39 Å². The third kappa shape index (κ3) is 5.01. The van der Waals surface area contributed by atoms with E-state index < -0.39 is 15.8 Å². The van der Waals surface area contributed by atoms with Crippen molar-refractivity contribution in [1.29, 1.82) is 0 Å². The molecular formula is C15H23FN2O3S. The monoisotopic (exact) mass is 330 g/mol. The van der Waals surface area contributed by atoms with E-state index in [9.17, 15) is 12.8 Å². The molecule has 22 heavy (non-hydrogen) atoms. The van der Waals surface area contributed by atoms with E-state index >= 15 is 0 Å². The fraction of sp³-hybridized carbons (Fsp3) is 0.600. The number of sulfonamides is 1. The number of piperidine rings is 1. The summed E-state index contributed by atoms with van der Waals surface area (Å²) in [6, 6.07) is 5.66. The number of halogens is 1. The lowest BCUT2D eigenvalue weighted by atomic mass is 9.80. The van der Waals surface area contributed by atoms with Gasteiger partial charge in [0.15, 0.2) is 0 Å². The van der Waals surface area contributed by atoms with Crippen molar-refractivity contribution in [3.8, 4) is 0 Å². The molecule has 0 radical (unpaired) electrons. The predicted octanol–water partition coefficient (Wildman–Crippen LogP) is 1.26. The fourth-order valence-electron chi connectivity index (χ4n) is 2.80. The summed E-state index contributed by atoms with van der Waals surface area (Å²) in [5.74, 6) is -0.645. The summed E-state index contributed by atoms with van der Waals surface area (Å²) < 4.78 is 45.5. The molecule has 0 atom stereocenters. The molecule has 0 aromatic heterocycles. The van der Waals surface area contributed by atoms with Crippen LogP contribution >= 0.6 is 0 Å². The first-order valence-corrected chi connectivity index (χ1v) is 9.01. The quantitative estimate of drug-likeness (QED) is 0.790. The standard InChI is InChI=1S/C15H23FN2O3S/c1-21-12-15(5-7-17-8-6-15)11-18-22(19,20)10-13-3-2-4-14(16)9-13/h2-4,9,17-18H,5-8,10-12H2,1H3. The van der Waals surface area contributed by atoms with Gasteiger partial charge in [-0.15, -0.1) is 0 Å². The highest BCUT2D eigenvalue weighted by Crippen LogP contribution is 2.28. The first-order valence-electron chi connectivity index (χ1n) is 7.36. The average Bonchev–Trinajstić information content (AvgIpc) is 2.46. The van der Waals surface area contributed by atoms with Crippen molar-refractivity contribution in [2.45, 2.75) is 18.6 Å². The Morgan fingerprint density at radius 1 is 1.36 bits per heavy atom. The van der Waals surface area contributed by atoms with Crippen LogP contribution in [0.1, 0.15) is 18.4 Å². The SMILES string of the molecule is COCC1(CNS(=O)(=O)Cc2cccc(F)c2)CCNCC1. The lowest BCUT2D eigenvalue weighted by molar-refractivity contribution is 0.0577. The van der Waals surface area contributed by atoms with Crippen LogP contribution in [0.3, 0.4) is 0 Å². The van der Waals surface area contributed by atoms with Crippen LogP contribution in [0.25, 0.3) is 0 Å². The molecule has 0 spiro atoms. The van der Waals surface area contributed by atoms with E-state index in [-0.39, 0.29) is 11.2 Å². The summed E-state index contributed by atoms with van der Waals surface area (Å²) in [6.45, 7) is 2.58. The molecular weight excluding hydrogens is 307 g/mol. The van der Waals surface area contributed by atoms with Gasteiger partial charge in [-0.25, -0.2) is 17.5 Å². The van der Waals surface area contributed by atoms with Crippen LogP contribution in [-0.2, 0) is 20.5 Å². The Bertz CT molecular complexity index is 581. The first-order chi connectivity index (χ1) is 10.4. The van der Waals surface area contributed by atoms with E-state index in [2.05, 4.69) is 10.0 Å². The molecule has 0 unspecified atom stereocenters. The molecule has 124 valence electrons. The molecule has 1 fully saturated rings. The third-order valence-electron chi connectivity index (χ3n) is 4.03. The highest BCUT2D eigenvalue weighted by atomic mass is 32.2. The van der Waals surface area contributed by atoms with Crippen LogP contribution in [0, 0.1) is 11.2 Å². The van der Waals surface area contributed by atoms with Crippen molar-refractivity contribution in [2.24, 2.45) is 5.41 Å². The largest absolute Gasteiger partial charge is 0.384 e. The number of benzene rings is 1. The van der Waals surface area contributed by atoms with Crippen LogP contribution in [0.2, 0.25) is 0 Å². The van der Waals surface area contributed by atoms with E-state index in [1.165, 1.54) is 18.2 Å². The number of rotatable bonds is 7. The van der Waals surface area contributed by atoms with Crippen molar-refractivity contribution in [1.82, 2.24) is 10.0 Å². The zero-order chi connectivity index (χ0) is 16.1. The minimum atomic E-state index is -3.50. The summed E-state index contributed by atoms with van der Waals surface area (Å²) in [6.07, 6.45) is 1.73. The fourth-order valence-corrected chi connectivity index (χ4v) is 4.04. The van der Waals surface area contributed by atoms with Gasteiger partial charge < -0.3 is 10.1 Å². The molecule has 1 aromatic carbocycles. The molecule has 7 heteroatoms. The molecule has 5 nitrogen and oxygen atoms in total. The number of nitrogens with one attached hydrogen (secondary N) is 2. The Kier molecular flexibility index (Phi) is 5.91. The van der Waals surface area contributed by atoms with Gasteiger partial charge in [0.1, 0.15) is 5.82 Å². The Morgan fingerprint density at radius 2 is 2.09 bits per heavy atom. The summed E-state index contributed by atoms with van der Waals surface area (Å²) in [5.41, 5.74) is 0.272. The van der Waals surface area contributed by atoms with Gasteiger partial charge in [0, 0.05) is 19.1 Å². The molecule has 0 amide bonds. The summed E-state index contributed by atoms with van der Waals surface area (Å²) >= 11 is 0. The van der Waals surface area contributed by atoms with Gasteiger partial charge in [0.05, 0.1) is 12.4 Å². The van der Waals surface area contributed by atoms with E-state index in [1.54, 1.807) is 13.2 Å². The van der Waals surface area contributed by atoms with Gasteiger partial charge in [0.25, 0.3) is 0 Å². The second-order valence-electron chi connectivity index (χ2n) is 5.89. The molecule has 1 aliphatic heterocycles. The Morgan fingerprint density at radius 3 is 2.73 bits per heavy atom. The lowest BCUT2D eigenvalue weighted by Gasteiger charge is -2.37. The van der Waals surface area contributed by atoms with Gasteiger partial charge in [0.2, 0.25) is 10.0 Å². The van der Waals surface area contributed by atoms with Crippen LogP contribution in [0.5, 0.6) is 0 Å². The number of hydrogen-bond donors (Lipinski definition) is 2. The zero-order valence-corrected chi connectivity index (χ0v) is 13.6. The zero-order valence-electron chi connectivity index (χ0n) is 12.8. The van der Waals surface area contributed by atoms with Crippen LogP contribution in [-0.4, -0.2) is 41.8 Å². The molecule has 0 bridgehead atoms. The number of hydrogen-bond acceptors (Lipinski definition) is 4. The molecule has 1 heterocycles. The van der Waals surface area contributed by atoms with Crippen LogP contribution < -0.4 is 10.0 Å². The summed E-state index contributed by atoms with van der Waals surface area (Å²) in [5, 5.41) is 3.27. The summed E-state index contributed by atoms with van der Waals surface area (Å²) in [4.78, 5) is 0. The average molecular weight is 330 g/mol. The van der Waals surface area contributed by atoms with Crippen LogP contribution in [0.15, 0.2) is 24.3 Å². The first kappa shape index (κ1) is 17.3. The second-order valence-corrected chi connectivity index (χ2v) is 7.70. The van der Waals surface area contributed by atoms with E-state index in [1.807, 2.05) is 0 Å². The number of ether oxygens (including phenoxy) is 1. The van der Waals surface area contributed by atoms with Gasteiger partial charge in [-0.2, -0.15) is 0 Å². The maximum Gasteiger partial charge on any atom is 0.215 e. The maximum absolute atomic E-state index is 13.1. The Hall–Kier alpha value is -1.02. The normalized spacial score (nSPS) is 18.3. The van der Waals surface area contributed by atoms with Crippen molar-refractivity contribution >= 4 is 10.0 Å². The van der Waals surface area contributed by atoms with Gasteiger partial charge in [-0.05, 0) is 43.6 Å². The van der Waals surface area contributed by atoms with Crippen molar-refractivity contribution in [3.63, 3.8) is 0 Å².